The minimum atomic E-state index is -0.219. The molecule has 150 valence electrons. The van der Waals surface area contributed by atoms with E-state index in [1.54, 1.807) is 0 Å². The van der Waals surface area contributed by atoms with Crippen LogP contribution in [0.2, 0.25) is 0 Å². The molecule has 7 N–H and O–H groups in total. The average Bonchev–Trinajstić information content (AvgIpc) is 2.60. The van der Waals surface area contributed by atoms with Crippen molar-refractivity contribution in [3.63, 3.8) is 0 Å². The summed E-state index contributed by atoms with van der Waals surface area (Å²) in [5.41, 5.74) is 5.08. The Morgan fingerprint density at radius 2 is 0.960 bits per heavy atom. The Morgan fingerprint density at radius 1 is 0.600 bits per heavy atom. The summed E-state index contributed by atoms with van der Waals surface area (Å²) < 4.78 is 0. The molecule has 0 aromatic carbocycles. The smallest absolute Gasteiger partial charge is 0.217 e. The molecule has 25 heavy (non-hydrogen) atoms. The number of rotatable bonds is 21. The molecule has 7 nitrogen and oxygen atoms in total. The van der Waals surface area contributed by atoms with Gasteiger partial charge in [-0.15, -0.1) is 0 Å². The molecule has 0 fully saturated rings. The van der Waals surface area contributed by atoms with E-state index in [9.17, 15) is 4.79 Å². The molecular formula is C18H42N6O. The first-order chi connectivity index (χ1) is 12.3. The SMILES string of the molecule is CCCCNCCNCCNCCCCNCCNCCCC(N)=O. The van der Waals surface area contributed by atoms with Gasteiger partial charge in [-0.1, -0.05) is 13.3 Å². The second kappa shape index (κ2) is 21.3. The molecule has 7 heteroatoms. The van der Waals surface area contributed by atoms with E-state index < -0.39 is 0 Å². The van der Waals surface area contributed by atoms with Crippen LogP contribution in [-0.2, 0) is 4.79 Å². The van der Waals surface area contributed by atoms with Gasteiger partial charge in [0.15, 0.2) is 0 Å². The van der Waals surface area contributed by atoms with Crippen LogP contribution in [0.4, 0.5) is 0 Å². The molecule has 1 amide bonds. The van der Waals surface area contributed by atoms with Crippen molar-refractivity contribution in [3.8, 4) is 0 Å². The summed E-state index contributed by atoms with van der Waals surface area (Å²) >= 11 is 0. The molecule has 0 unspecified atom stereocenters. The van der Waals surface area contributed by atoms with Gasteiger partial charge in [0.2, 0.25) is 5.91 Å². The molecule has 0 aromatic rings. The van der Waals surface area contributed by atoms with E-state index in [-0.39, 0.29) is 5.91 Å². The highest BCUT2D eigenvalue weighted by molar-refractivity contribution is 5.73. The number of carbonyl (C=O) groups is 1. The Kier molecular flexibility index (Phi) is 20.7. The van der Waals surface area contributed by atoms with E-state index in [1.165, 1.54) is 25.7 Å². The Hall–Kier alpha value is -0.730. The van der Waals surface area contributed by atoms with Crippen LogP contribution >= 0.6 is 0 Å². The van der Waals surface area contributed by atoms with Gasteiger partial charge < -0.3 is 32.3 Å². The van der Waals surface area contributed by atoms with Crippen molar-refractivity contribution in [1.29, 1.82) is 0 Å². The molecule has 0 radical (unpaired) electrons. The highest BCUT2D eigenvalue weighted by Gasteiger charge is 1.94. The van der Waals surface area contributed by atoms with Gasteiger partial charge in [-0.3, -0.25) is 4.79 Å². The number of hydrogen-bond acceptors (Lipinski definition) is 6. The fourth-order valence-electron chi connectivity index (χ4n) is 2.34. The predicted molar refractivity (Wildman–Crippen MR) is 107 cm³/mol. The second-order valence-electron chi connectivity index (χ2n) is 6.38. The lowest BCUT2D eigenvalue weighted by Gasteiger charge is -2.08. The zero-order valence-corrected chi connectivity index (χ0v) is 16.3. The lowest BCUT2D eigenvalue weighted by Crippen LogP contribution is -2.33. The van der Waals surface area contributed by atoms with Crippen LogP contribution in [0.5, 0.6) is 0 Å². The molecule has 0 aromatic heterocycles. The van der Waals surface area contributed by atoms with Crippen LogP contribution in [0.3, 0.4) is 0 Å². The average molecular weight is 359 g/mol. The molecule has 0 heterocycles. The van der Waals surface area contributed by atoms with Crippen LogP contribution in [-0.4, -0.2) is 71.4 Å². The van der Waals surface area contributed by atoms with E-state index in [1.807, 2.05) is 0 Å². The molecule has 0 rings (SSSR count). The maximum absolute atomic E-state index is 10.6. The summed E-state index contributed by atoms with van der Waals surface area (Å²) in [6.07, 6.45) is 6.23. The number of unbranched alkanes of at least 4 members (excludes halogenated alkanes) is 2. The summed E-state index contributed by atoms with van der Waals surface area (Å²) in [6.45, 7) is 12.5. The van der Waals surface area contributed by atoms with Crippen molar-refractivity contribution in [2.24, 2.45) is 5.73 Å². The molecule has 0 spiro atoms. The lowest BCUT2D eigenvalue weighted by molar-refractivity contribution is -0.118. The van der Waals surface area contributed by atoms with E-state index in [4.69, 9.17) is 5.73 Å². The highest BCUT2D eigenvalue weighted by atomic mass is 16.1. The van der Waals surface area contributed by atoms with Crippen molar-refractivity contribution >= 4 is 5.91 Å². The quantitative estimate of drug-likeness (QED) is 0.159. The summed E-state index contributed by atoms with van der Waals surface area (Å²) in [7, 11) is 0. The zero-order valence-electron chi connectivity index (χ0n) is 16.3. The highest BCUT2D eigenvalue weighted by Crippen LogP contribution is 1.85. The Balaban J connectivity index is 2.97. The van der Waals surface area contributed by atoms with Crippen molar-refractivity contribution in [1.82, 2.24) is 26.6 Å². The Bertz CT molecular complexity index is 278. The maximum atomic E-state index is 10.6. The first-order valence-corrected chi connectivity index (χ1v) is 10.1. The minimum Gasteiger partial charge on any atom is -0.370 e. The molecule has 0 saturated carbocycles. The predicted octanol–water partition coefficient (Wildman–Crippen LogP) is -0.220. The topological polar surface area (TPSA) is 103 Å². The third-order valence-electron chi connectivity index (χ3n) is 3.88. The molecule has 0 atom stereocenters. The van der Waals surface area contributed by atoms with Crippen molar-refractivity contribution in [3.05, 3.63) is 0 Å². The van der Waals surface area contributed by atoms with Gasteiger partial charge in [-0.25, -0.2) is 0 Å². The van der Waals surface area contributed by atoms with E-state index >= 15 is 0 Å². The van der Waals surface area contributed by atoms with Gasteiger partial charge in [0.05, 0.1) is 0 Å². The number of primary amides is 1. The van der Waals surface area contributed by atoms with Gasteiger partial charge in [0.1, 0.15) is 0 Å². The van der Waals surface area contributed by atoms with E-state index in [2.05, 4.69) is 33.5 Å². The standard InChI is InChI=1S/C18H42N6O/c1-2-3-8-20-14-16-24-17-15-22-10-5-4-9-21-12-13-23-11-6-7-18(19)25/h20-24H,2-17H2,1H3,(H2,19,25). The second-order valence-corrected chi connectivity index (χ2v) is 6.38. The Morgan fingerprint density at radius 3 is 1.36 bits per heavy atom. The lowest BCUT2D eigenvalue weighted by atomic mass is 10.3. The largest absolute Gasteiger partial charge is 0.370 e. The molecule has 0 aliphatic heterocycles. The fraction of sp³-hybridized carbons (Fsp3) is 0.944. The monoisotopic (exact) mass is 358 g/mol. The van der Waals surface area contributed by atoms with Gasteiger partial charge in [0, 0.05) is 45.7 Å². The number of nitrogens with two attached hydrogens (primary N) is 1. The zero-order chi connectivity index (χ0) is 18.4. The van der Waals surface area contributed by atoms with E-state index in [0.717, 1.165) is 71.9 Å². The fourth-order valence-corrected chi connectivity index (χ4v) is 2.34. The Labute approximate surface area is 154 Å². The first kappa shape index (κ1) is 24.3. The molecule has 0 saturated heterocycles. The van der Waals surface area contributed by atoms with Crippen LogP contribution in [0.25, 0.3) is 0 Å². The number of carbonyl (C=O) groups excluding carboxylic acids is 1. The van der Waals surface area contributed by atoms with Gasteiger partial charge in [-0.05, 0) is 51.9 Å². The van der Waals surface area contributed by atoms with Gasteiger partial charge >= 0.3 is 0 Å². The van der Waals surface area contributed by atoms with Gasteiger partial charge in [-0.2, -0.15) is 0 Å². The molecule has 0 aliphatic carbocycles. The van der Waals surface area contributed by atoms with Crippen molar-refractivity contribution < 1.29 is 4.79 Å². The van der Waals surface area contributed by atoms with E-state index in [0.29, 0.717) is 6.42 Å². The minimum absolute atomic E-state index is 0.219. The maximum Gasteiger partial charge on any atom is 0.217 e. The van der Waals surface area contributed by atoms with Crippen LogP contribution in [0.15, 0.2) is 0 Å². The molecular weight excluding hydrogens is 316 g/mol. The summed E-state index contributed by atoms with van der Waals surface area (Å²) in [6, 6.07) is 0. The number of amides is 1. The third kappa shape index (κ3) is 23.3. The summed E-state index contributed by atoms with van der Waals surface area (Å²) in [5, 5.41) is 17.1. The van der Waals surface area contributed by atoms with Crippen LogP contribution < -0.4 is 32.3 Å². The summed E-state index contributed by atoms with van der Waals surface area (Å²) in [5.74, 6) is -0.219. The van der Waals surface area contributed by atoms with Crippen molar-refractivity contribution in [2.45, 2.75) is 45.4 Å². The number of nitrogens with one attached hydrogen (secondary N) is 5. The molecule has 0 aliphatic rings. The third-order valence-corrected chi connectivity index (χ3v) is 3.88. The normalized spacial score (nSPS) is 11.1. The first-order valence-electron chi connectivity index (χ1n) is 10.1. The van der Waals surface area contributed by atoms with Crippen molar-refractivity contribution in [2.75, 3.05) is 65.4 Å². The number of hydrogen-bond donors (Lipinski definition) is 6. The summed E-state index contributed by atoms with van der Waals surface area (Å²) in [4.78, 5) is 10.6. The van der Waals surface area contributed by atoms with Gasteiger partial charge in [0.25, 0.3) is 0 Å². The molecule has 0 bridgehead atoms. The van der Waals surface area contributed by atoms with Crippen LogP contribution in [0.1, 0.15) is 45.4 Å². The van der Waals surface area contributed by atoms with Crippen LogP contribution in [0, 0.1) is 0 Å².